The lowest BCUT2D eigenvalue weighted by atomic mass is 10.1. The van der Waals surface area contributed by atoms with Gasteiger partial charge in [-0.1, -0.05) is 23.8 Å². The van der Waals surface area contributed by atoms with Crippen molar-refractivity contribution in [2.45, 2.75) is 27.0 Å². The van der Waals surface area contributed by atoms with E-state index in [4.69, 9.17) is 15.2 Å². The van der Waals surface area contributed by atoms with Crippen LogP contribution in [-0.2, 0) is 13.2 Å². The summed E-state index contributed by atoms with van der Waals surface area (Å²) in [6.45, 7) is 5.12. The van der Waals surface area contributed by atoms with Gasteiger partial charge in [-0.25, -0.2) is 0 Å². The molecule has 2 aromatic carbocycles. The van der Waals surface area contributed by atoms with Crippen LogP contribution in [-0.4, -0.2) is 7.11 Å². The number of hydrogen-bond acceptors (Lipinski definition) is 3. The van der Waals surface area contributed by atoms with E-state index in [0.29, 0.717) is 13.2 Å². The second-order valence-electron chi connectivity index (χ2n) is 4.91. The number of hydrogen-bond donors (Lipinski definition) is 1. The molecule has 0 saturated carbocycles. The van der Waals surface area contributed by atoms with Crippen LogP contribution in [0.1, 0.15) is 22.3 Å². The van der Waals surface area contributed by atoms with Gasteiger partial charge in [0.1, 0.15) is 18.1 Å². The van der Waals surface area contributed by atoms with E-state index < -0.39 is 0 Å². The highest BCUT2D eigenvalue weighted by molar-refractivity contribution is 5.38. The smallest absolute Gasteiger partial charge is 0.123 e. The van der Waals surface area contributed by atoms with Gasteiger partial charge in [0.15, 0.2) is 0 Å². The molecule has 2 aromatic rings. The van der Waals surface area contributed by atoms with Crippen molar-refractivity contribution in [2.24, 2.45) is 5.73 Å². The summed E-state index contributed by atoms with van der Waals surface area (Å²) in [5.74, 6) is 1.74. The van der Waals surface area contributed by atoms with Gasteiger partial charge in [0, 0.05) is 12.1 Å². The number of methoxy groups -OCH3 is 1. The fraction of sp³-hybridized carbons (Fsp3) is 0.294. The van der Waals surface area contributed by atoms with Crippen molar-refractivity contribution in [2.75, 3.05) is 7.11 Å². The van der Waals surface area contributed by atoms with Gasteiger partial charge >= 0.3 is 0 Å². The summed E-state index contributed by atoms with van der Waals surface area (Å²) in [5, 5.41) is 0. The molecule has 0 spiro atoms. The SMILES string of the molecule is COc1ccc(COc2ccc(C)cc2C)cc1CN. The van der Waals surface area contributed by atoms with E-state index in [9.17, 15) is 0 Å². The minimum Gasteiger partial charge on any atom is -0.496 e. The van der Waals surface area contributed by atoms with Crippen LogP contribution in [0.3, 0.4) is 0 Å². The predicted octanol–water partition coefficient (Wildman–Crippen LogP) is 3.35. The van der Waals surface area contributed by atoms with Crippen LogP contribution in [0, 0.1) is 13.8 Å². The van der Waals surface area contributed by atoms with Gasteiger partial charge in [-0.2, -0.15) is 0 Å². The Hall–Kier alpha value is -2.00. The maximum atomic E-state index is 5.87. The molecular weight excluding hydrogens is 250 g/mol. The van der Waals surface area contributed by atoms with Crippen LogP contribution in [0.4, 0.5) is 0 Å². The molecule has 0 aliphatic heterocycles. The molecule has 3 heteroatoms. The topological polar surface area (TPSA) is 44.5 Å². The molecule has 0 amide bonds. The van der Waals surface area contributed by atoms with E-state index >= 15 is 0 Å². The van der Waals surface area contributed by atoms with E-state index in [0.717, 1.165) is 28.2 Å². The van der Waals surface area contributed by atoms with Crippen LogP contribution in [0.25, 0.3) is 0 Å². The lowest BCUT2D eigenvalue weighted by Crippen LogP contribution is -2.03. The van der Waals surface area contributed by atoms with Crippen molar-refractivity contribution in [1.29, 1.82) is 0 Å². The molecule has 0 aliphatic carbocycles. The molecule has 0 bridgehead atoms. The molecule has 2 N–H and O–H groups in total. The molecule has 0 aliphatic rings. The maximum absolute atomic E-state index is 5.87. The Balaban J connectivity index is 2.10. The second kappa shape index (κ2) is 6.44. The first kappa shape index (κ1) is 14.4. The van der Waals surface area contributed by atoms with Crippen LogP contribution in [0.2, 0.25) is 0 Å². The second-order valence-corrected chi connectivity index (χ2v) is 4.91. The first-order valence-corrected chi connectivity index (χ1v) is 6.70. The summed E-state index contributed by atoms with van der Waals surface area (Å²) in [4.78, 5) is 0. The first-order valence-electron chi connectivity index (χ1n) is 6.70. The molecular formula is C17H21NO2. The van der Waals surface area contributed by atoms with E-state index in [1.165, 1.54) is 5.56 Å². The lowest BCUT2D eigenvalue weighted by molar-refractivity contribution is 0.303. The third-order valence-corrected chi connectivity index (χ3v) is 3.29. The summed E-state index contributed by atoms with van der Waals surface area (Å²) < 4.78 is 11.1. The van der Waals surface area contributed by atoms with Crippen LogP contribution < -0.4 is 15.2 Å². The van der Waals surface area contributed by atoms with Gasteiger partial charge in [-0.15, -0.1) is 0 Å². The molecule has 0 unspecified atom stereocenters. The first-order chi connectivity index (χ1) is 9.63. The number of rotatable bonds is 5. The minimum atomic E-state index is 0.459. The van der Waals surface area contributed by atoms with Crippen molar-refractivity contribution >= 4 is 0 Å². The normalized spacial score (nSPS) is 10.4. The quantitative estimate of drug-likeness (QED) is 0.907. The van der Waals surface area contributed by atoms with Gasteiger partial charge in [-0.05, 0) is 43.2 Å². The zero-order chi connectivity index (χ0) is 14.5. The van der Waals surface area contributed by atoms with Gasteiger partial charge in [0.2, 0.25) is 0 Å². The van der Waals surface area contributed by atoms with Gasteiger partial charge in [0.25, 0.3) is 0 Å². The number of nitrogens with two attached hydrogens (primary N) is 1. The summed E-state index contributed by atoms with van der Waals surface area (Å²) in [6, 6.07) is 12.2. The molecule has 0 atom stereocenters. The standard InChI is InChI=1S/C17H21NO2/c1-12-4-6-16(13(2)8-12)20-11-14-5-7-17(19-3)15(9-14)10-18/h4-9H,10-11,18H2,1-3H3. The van der Waals surface area contributed by atoms with Crippen LogP contribution in [0.5, 0.6) is 11.5 Å². The third-order valence-electron chi connectivity index (χ3n) is 3.29. The minimum absolute atomic E-state index is 0.459. The number of benzene rings is 2. The molecule has 0 radical (unpaired) electrons. The fourth-order valence-electron chi connectivity index (χ4n) is 2.20. The van der Waals surface area contributed by atoms with Crippen molar-refractivity contribution in [1.82, 2.24) is 0 Å². The third kappa shape index (κ3) is 3.31. The maximum Gasteiger partial charge on any atom is 0.123 e. The van der Waals surface area contributed by atoms with E-state index in [2.05, 4.69) is 26.0 Å². The average Bonchev–Trinajstić information content (AvgIpc) is 2.46. The van der Waals surface area contributed by atoms with Crippen molar-refractivity contribution in [3.8, 4) is 11.5 Å². The summed E-state index contributed by atoms with van der Waals surface area (Å²) >= 11 is 0. The highest BCUT2D eigenvalue weighted by atomic mass is 16.5. The summed E-state index contributed by atoms with van der Waals surface area (Å²) in [6.07, 6.45) is 0. The Morgan fingerprint density at radius 2 is 1.75 bits per heavy atom. The Morgan fingerprint density at radius 1 is 1.00 bits per heavy atom. The van der Waals surface area contributed by atoms with Crippen LogP contribution in [0.15, 0.2) is 36.4 Å². The molecule has 0 saturated heterocycles. The van der Waals surface area contributed by atoms with Gasteiger partial charge in [0.05, 0.1) is 7.11 Å². The van der Waals surface area contributed by atoms with E-state index in [-0.39, 0.29) is 0 Å². The molecule has 0 heterocycles. The highest BCUT2D eigenvalue weighted by Crippen LogP contribution is 2.22. The molecule has 3 nitrogen and oxygen atoms in total. The number of aryl methyl sites for hydroxylation is 2. The Morgan fingerprint density at radius 3 is 2.40 bits per heavy atom. The lowest BCUT2D eigenvalue weighted by Gasteiger charge is -2.12. The van der Waals surface area contributed by atoms with Crippen molar-refractivity contribution < 1.29 is 9.47 Å². The number of ether oxygens (including phenoxy) is 2. The zero-order valence-electron chi connectivity index (χ0n) is 12.3. The highest BCUT2D eigenvalue weighted by Gasteiger charge is 2.05. The fourth-order valence-corrected chi connectivity index (χ4v) is 2.20. The Kier molecular flexibility index (Phi) is 4.64. The summed E-state index contributed by atoms with van der Waals surface area (Å²) in [7, 11) is 1.65. The van der Waals surface area contributed by atoms with E-state index in [1.807, 2.05) is 24.3 Å². The predicted molar refractivity (Wildman–Crippen MR) is 81.1 cm³/mol. The van der Waals surface area contributed by atoms with Crippen LogP contribution >= 0.6 is 0 Å². The average molecular weight is 271 g/mol. The van der Waals surface area contributed by atoms with Crippen molar-refractivity contribution in [3.05, 3.63) is 58.7 Å². The summed E-state index contributed by atoms with van der Waals surface area (Å²) in [5.41, 5.74) is 10.2. The molecule has 0 fully saturated rings. The Bertz CT molecular complexity index is 594. The van der Waals surface area contributed by atoms with Gasteiger partial charge < -0.3 is 15.2 Å². The molecule has 20 heavy (non-hydrogen) atoms. The molecule has 2 rings (SSSR count). The molecule has 106 valence electrons. The van der Waals surface area contributed by atoms with E-state index in [1.54, 1.807) is 7.11 Å². The van der Waals surface area contributed by atoms with Gasteiger partial charge in [-0.3, -0.25) is 0 Å². The largest absolute Gasteiger partial charge is 0.496 e. The zero-order valence-corrected chi connectivity index (χ0v) is 12.3. The monoisotopic (exact) mass is 271 g/mol. The van der Waals surface area contributed by atoms with Crippen molar-refractivity contribution in [3.63, 3.8) is 0 Å². The Labute approximate surface area is 120 Å². The molecule has 0 aromatic heterocycles.